The molecule has 0 amide bonds. The highest BCUT2D eigenvalue weighted by molar-refractivity contribution is 5.52. The molecule has 1 unspecified atom stereocenters. The van der Waals surface area contributed by atoms with Crippen molar-refractivity contribution >= 4 is 5.69 Å². The third-order valence-corrected chi connectivity index (χ3v) is 3.00. The van der Waals surface area contributed by atoms with Crippen LogP contribution in [0.1, 0.15) is 18.1 Å². The van der Waals surface area contributed by atoms with Gasteiger partial charge < -0.3 is 10.5 Å². The molecule has 0 aromatic heterocycles. The van der Waals surface area contributed by atoms with Gasteiger partial charge in [0, 0.05) is 32.4 Å². The Bertz CT molecular complexity index is 351. The van der Waals surface area contributed by atoms with Crippen molar-refractivity contribution in [1.82, 2.24) is 4.90 Å². The maximum atomic E-state index is 5.94. The van der Waals surface area contributed by atoms with Gasteiger partial charge in [-0.1, -0.05) is 12.1 Å². The second kappa shape index (κ2) is 4.21. The van der Waals surface area contributed by atoms with Crippen molar-refractivity contribution in [2.45, 2.75) is 26.1 Å². The average molecular weight is 206 g/mol. The zero-order chi connectivity index (χ0) is 10.8. The molecule has 2 N–H and O–H groups in total. The van der Waals surface area contributed by atoms with Gasteiger partial charge in [0.1, 0.15) is 0 Å². The van der Waals surface area contributed by atoms with Crippen LogP contribution in [0.25, 0.3) is 0 Å². The van der Waals surface area contributed by atoms with Gasteiger partial charge >= 0.3 is 0 Å². The number of rotatable bonds is 3. The number of fused-ring (bicyclic) bond motifs is 1. The first-order valence-electron chi connectivity index (χ1n) is 5.32. The number of benzene rings is 1. The fraction of sp³-hybridized carbons (Fsp3) is 0.500. The van der Waals surface area contributed by atoms with E-state index in [1.165, 1.54) is 11.1 Å². The van der Waals surface area contributed by atoms with Crippen LogP contribution >= 0.6 is 0 Å². The molecule has 0 fully saturated rings. The minimum absolute atomic E-state index is 0.278. The van der Waals surface area contributed by atoms with Gasteiger partial charge in [0.25, 0.3) is 0 Å². The van der Waals surface area contributed by atoms with Gasteiger partial charge in [-0.2, -0.15) is 0 Å². The maximum absolute atomic E-state index is 5.94. The molecule has 0 saturated carbocycles. The molecule has 0 spiro atoms. The van der Waals surface area contributed by atoms with Crippen LogP contribution in [-0.4, -0.2) is 24.7 Å². The number of anilines is 1. The summed E-state index contributed by atoms with van der Waals surface area (Å²) in [6, 6.07) is 6.16. The van der Waals surface area contributed by atoms with Crippen molar-refractivity contribution in [3.05, 3.63) is 29.3 Å². The quantitative estimate of drug-likeness (QED) is 0.764. The predicted octanol–water partition coefficient (Wildman–Crippen LogP) is 1.62. The van der Waals surface area contributed by atoms with Crippen LogP contribution in [0.4, 0.5) is 5.69 Å². The van der Waals surface area contributed by atoms with Gasteiger partial charge in [-0.3, -0.25) is 4.90 Å². The monoisotopic (exact) mass is 206 g/mol. The van der Waals surface area contributed by atoms with E-state index in [0.717, 1.165) is 25.3 Å². The Balaban J connectivity index is 2.06. The van der Waals surface area contributed by atoms with Crippen molar-refractivity contribution in [3.63, 3.8) is 0 Å². The normalized spacial score (nSPS) is 17.7. The number of methoxy groups -OCH3 is 1. The fourth-order valence-electron chi connectivity index (χ4n) is 2.08. The zero-order valence-electron chi connectivity index (χ0n) is 9.36. The van der Waals surface area contributed by atoms with Crippen LogP contribution in [0.5, 0.6) is 0 Å². The number of hydrogen-bond donors (Lipinski definition) is 1. The van der Waals surface area contributed by atoms with Gasteiger partial charge in [0.2, 0.25) is 0 Å². The molecular weight excluding hydrogens is 188 g/mol. The minimum atomic E-state index is 0.278. The van der Waals surface area contributed by atoms with Gasteiger partial charge in [0.05, 0.1) is 6.10 Å². The lowest BCUT2D eigenvalue weighted by Gasteiger charge is -2.18. The summed E-state index contributed by atoms with van der Waals surface area (Å²) in [5.74, 6) is 0. The fourth-order valence-corrected chi connectivity index (χ4v) is 2.08. The van der Waals surface area contributed by atoms with E-state index < -0.39 is 0 Å². The number of hydrogen-bond acceptors (Lipinski definition) is 3. The average Bonchev–Trinajstić information content (AvgIpc) is 2.62. The van der Waals surface area contributed by atoms with Gasteiger partial charge in [-0.25, -0.2) is 0 Å². The molecule has 1 heterocycles. The largest absolute Gasteiger partial charge is 0.398 e. The molecule has 1 aliphatic rings. The topological polar surface area (TPSA) is 38.5 Å². The van der Waals surface area contributed by atoms with Crippen molar-refractivity contribution in [2.75, 3.05) is 19.4 Å². The van der Waals surface area contributed by atoms with E-state index >= 15 is 0 Å². The summed E-state index contributed by atoms with van der Waals surface area (Å²) in [6.07, 6.45) is 0.278. The van der Waals surface area contributed by atoms with Crippen LogP contribution in [0, 0.1) is 0 Å². The molecular formula is C12H18N2O. The molecule has 0 bridgehead atoms. The Labute approximate surface area is 90.8 Å². The third-order valence-electron chi connectivity index (χ3n) is 3.00. The van der Waals surface area contributed by atoms with Gasteiger partial charge in [0.15, 0.2) is 0 Å². The van der Waals surface area contributed by atoms with Crippen LogP contribution in [0.15, 0.2) is 18.2 Å². The van der Waals surface area contributed by atoms with Crippen LogP contribution in [0.3, 0.4) is 0 Å². The zero-order valence-corrected chi connectivity index (χ0v) is 9.36. The summed E-state index contributed by atoms with van der Waals surface area (Å²) in [5.41, 5.74) is 9.51. The Morgan fingerprint density at radius 3 is 2.93 bits per heavy atom. The molecule has 3 nitrogen and oxygen atoms in total. The van der Waals surface area contributed by atoms with E-state index in [4.69, 9.17) is 10.5 Å². The first-order valence-corrected chi connectivity index (χ1v) is 5.32. The molecule has 0 aliphatic carbocycles. The number of nitrogens with two attached hydrogens (primary N) is 1. The number of ether oxygens (including phenoxy) is 1. The van der Waals surface area contributed by atoms with Gasteiger partial charge in [-0.15, -0.1) is 0 Å². The third kappa shape index (κ3) is 2.13. The lowest BCUT2D eigenvalue weighted by Crippen LogP contribution is -2.27. The molecule has 0 saturated heterocycles. The summed E-state index contributed by atoms with van der Waals surface area (Å²) in [7, 11) is 1.75. The van der Waals surface area contributed by atoms with Gasteiger partial charge in [-0.05, 0) is 24.1 Å². The first-order chi connectivity index (χ1) is 7.20. The second-order valence-electron chi connectivity index (χ2n) is 4.20. The SMILES string of the molecule is COC(C)CN1Cc2cccc(N)c2C1. The smallest absolute Gasteiger partial charge is 0.0670 e. The molecule has 2 rings (SSSR count). The molecule has 1 aliphatic heterocycles. The van der Waals surface area contributed by atoms with E-state index in [2.05, 4.69) is 17.9 Å². The van der Waals surface area contributed by atoms with E-state index in [9.17, 15) is 0 Å². The highest BCUT2D eigenvalue weighted by atomic mass is 16.5. The van der Waals surface area contributed by atoms with Crippen LogP contribution in [-0.2, 0) is 17.8 Å². The second-order valence-corrected chi connectivity index (χ2v) is 4.20. The molecule has 1 aromatic carbocycles. The summed E-state index contributed by atoms with van der Waals surface area (Å²) in [4.78, 5) is 2.37. The lowest BCUT2D eigenvalue weighted by atomic mass is 10.1. The van der Waals surface area contributed by atoms with E-state index in [1.807, 2.05) is 12.1 Å². The van der Waals surface area contributed by atoms with Crippen LogP contribution in [0.2, 0.25) is 0 Å². The van der Waals surface area contributed by atoms with Crippen molar-refractivity contribution < 1.29 is 4.74 Å². The minimum Gasteiger partial charge on any atom is -0.398 e. The number of nitrogens with zero attached hydrogens (tertiary/aromatic N) is 1. The van der Waals surface area contributed by atoms with Crippen molar-refractivity contribution in [2.24, 2.45) is 0 Å². The molecule has 1 atom stereocenters. The molecule has 82 valence electrons. The Morgan fingerprint density at radius 2 is 2.27 bits per heavy atom. The molecule has 3 heteroatoms. The van der Waals surface area contributed by atoms with Crippen LogP contribution < -0.4 is 5.73 Å². The first kappa shape index (κ1) is 10.5. The molecule has 15 heavy (non-hydrogen) atoms. The Hall–Kier alpha value is -1.06. The molecule has 1 aromatic rings. The number of nitrogen functional groups attached to an aromatic ring is 1. The lowest BCUT2D eigenvalue weighted by molar-refractivity contribution is 0.0762. The van der Waals surface area contributed by atoms with E-state index in [1.54, 1.807) is 7.11 Å². The Morgan fingerprint density at radius 1 is 1.47 bits per heavy atom. The highest BCUT2D eigenvalue weighted by Gasteiger charge is 2.21. The summed E-state index contributed by atoms with van der Waals surface area (Å²) < 4.78 is 5.27. The maximum Gasteiger partial charge on any atom is 0.0670 e. The predicted molar refractivity (Wildman–Crippen MR) is 61.4 cm³/mol. The highest BCUT2D eigenvalue weighted by Crippen LogP contribution is 2.27. The van der Waals surface area contributed by atoms with E-state index in [-0.39, 0.29) is 6.10 Å². The van der Waals surface area contributed by atoms with Crippen molar-refractivity contribution in [1.29, 1.82) is 0 Å². The Kier molecular flexibility index (Phi) is 2.93. The summed E-state index contributed by atoms with van der Waals surface area (Å²) >= 11 is 0. The standard InChI is InChI=1S/C12H18N2O/c1-9(15-2)6-14-7-10-4-3-5-12(13)11(10)8-14/h3-5,9H,6-8,13H2,1-2H3. The summed E-state index contributed by atoms with van der Waals surface area (Å²) in [5, 5.41) is 0. The van der Waals surface area contributed by atoms with E-state index in [0.29, 0.717) is 0 Å². The summed E-state index contributed by atoms with van der Waals surface area (Å²) in [6.45, 7) is 5.00. The molecule has 0 radical (unpaired) electrons. The van der Waals surface area contributed by atoms with Crippen molar-refractivity contribution in [3.8, 4) is 0 Å².